The predicted octanol–water partition coefficient (Wildman–Crippen LogP) is 5.09. The van der Waals surface area contributed by atoms with Gasteiger partial charge in [0, 0.05) is 22.7 Å². The fraction of sp³-hybridized carbons (Fsp3) is 0.286. The lowest BCUT2D eigenvalue weighted by atomic mass is 10.0. The number of hydrogen-bond acceptors (Lipinski definition) is 4. The number of rotatable bonds is 6. The summed E-state index contributed by atoms with van der Waals surface area (Å²) in [4.78, 5) is 12.2. The molecule has 0 aliphatic heterocycles. The molecule has 0 spiro atoms. The Bertz CT molecular complexity index is 863. The molecule has 0 atom stereocenters. The van der Waals surface area contributed by atoms with Crippen molar-refractivity contribution in [1.29, 1.82) is 0 Å². The maximum Gasteiger partial charge on any atom is 0.248 e. The molecule has 0 aliphatic rings. The summed E-state index contributed by atoms with van der Waals surface area (Å²) in [6, 6.07) is 15.4. The van der Waals surface area contributed by atoms with E-state index in [-0.39, 0.29) is 11.8 Å². The van der Waals surface area contributed by atoms with Crippen LogP contribution in [0.15, 0.2) is 52.9 Å². The number of hydrogen-bond donors (Lipinski definition) is 1. The first-order chi connectivity index (χ1) is 12.6. The van der Waals surface area contributed by atoms with E-state index in [1.807, 2.05) is 69.3 Å². The van der Waals surface area contributed by atoms with Crippen LogP contribution in [-0.2, 0) is 4.79 Å². The van der Waals surface area contributed by atoms with Crippen LogP contribution in [0.5, 0.6) is 0 Å². The van der Waals surface area contributed by atoms with Gasteiger partial charge in [0.1, 0.15) is 0 Å². The minimum Gasteiger partial charge on any atom is -0.416 e. The minimum atomic E-state index is 0.0442. The summed E-state index contributed by atoms with van der Waals surface area (Å²) < 4.78 is 5.78. The van der Waals surface area contributed by atoms with Crippen LogP contribution >= 0.6 is 0 Å². The number of carbonyl (C=O) groups is 1. The number of amides is 1. The SMILES string of the molecule is CCC(CC)C(=O)Nc1ccc(-c2nnc(-c3ccc(C)cc3)o2)cc1. The summed E-state index contributed by atoms with van der Waals surface area (Å²) in [5.74, 6) is 1.05. The van der Waals surface area contributed by atoms with Gasteiger partial charge in [-0.2, -0.15) is 0 Å². The van der Waals surface area contributed by atoms with E-state index in [0.717, 1.165) is 29.7 Å². The van der Waals surface area contributed by atoms with Crippen molar-refractivity contribution < 1.29 is 9.21 Å². The van der Waals surface area contributed by atoms with Crippen molar-refractivity contribution in [2.45, 2.75) is 33.6 Å². The van der Waals surface area contributed by atoms with Crippen molar-refractivity contribution in [2.75, 3.05) is 5.32 Å². The van der Waals surface area contributed by atoms with E-state index in [4.69, 9.17) is 4.42 Å². The Morgan fingerprint density at radius 3 is 1.92 bits per heavy atom. The van der Waals surface area contributed by atoms with E-state index in [1.165, 1.54) is 5.56 Å². The van der Waals surface area contributed by atoms with Gasteiger partial charge >= 0.3 is 0 Å². The molecule has 1 aromatic heterocycles. The van der Waals surface area contributed by atoms with Crippen LogP contribution in [0, 0.1) is 12.8 Å². The van der Waals surface area contributed by atoms with E-state index in [9.17, 15) is 4.79 Å². The van der Waals surface area contributed by atoms with Gasteiger partial charge in [0.2, 0.25) is 17.7 Å². The van der Waals surface area contributed by atoms with Gasteiger partial charge in [-0.3, -0.25) is 4.79 Å². The van der Waals surface area contributed by atoms with Crippen LogP contribution in [0.4, 0.5) is 5.69 Å². The van der Waals surface area contributed by atoms with E-state index < -0.39 is 0 Å². The largest absolute Gasteiger partial charge is 0.416 e. The molecule has 0 bridgehead atoms. The number of benzene rings is 2. The third-order valence-corrected chi connectivity index (χ3v) is 4.48. The van der Waals surface area contributed by atoms with Gasteiger partial charge in [-0.25, -0.2) is 0 Å². The smallest absolute Gasteiger partial charge is 0.248 e. The number of anilines is 1. The molecule has 0 saturated heterocycles. The molecule has 1 heterocycles. The number of aromatic nitrogens is 2. The summed E-state index contributed by atoms with van der Waals surface area (Å²) in [7, 11) is 0. The van der Waals surface area contributed by atoms with Crippen LogP contribution < -0.4 is 5.32 Å². The highest BCUT2D eigenvalue weighted by Gasteiger charge is 2.15. The second kappa shape index (κ2) is 7.95. The Morgan fingerprint density at radius 1 is 0.923 bits per heavy atom. The number of nitrogens with zero attached hydrogens (tertiary/aromatic N) is 2. The van der Waals surface area contributed by atoms with Crippen molar-refractivity contribution in [1.82, 2.24) is 10.2 Å². The van der Waals surface area contributed by atoms with Gasteiger partial charge in [0.25, 0.3) is 0 Å². The van der Waals surface area contributed by atoms with Crippen molar-refractivity contribution in [3.8, 4) is 22.9 Å². The Morgan fingerprint density at radius 2 is 1.42 bits per heavy atom. The van der Waals surface area contributed by atoms with Gasteiger partial charge in [0.15, 0.2) is 0 Å². The molecule has 3 rings (SSSR count). The predicted molar refractivity (Wildman–Crippen MR) is 103 cm³/mol. The van der Waals surface area contributed by atoms with E-state index >= 15 is 0 Å². The van der Waals surface area contributed by atoms with E-state index in [0.29, 0.717) is 11.8 Å². The molecular weight excluding hydrogens is 326 g/mol. The van der Waals surface area contributed by atoms with Crippen LogP contribution in [0.2, 0.25) is 0 Å². The number of carbonyl (C=O) groups excluding carboxylic acids is 1. The highest BCUT2D eigenvalue weighted by atomic mass is 16.4. The maximum atomic E-state index is 12.2. The molecule has 5 nitrogen and oxygen atoms in total. The zero-order valence-corrected chi connectivity index (χ0v) is 15.3. The first-order valence-electron chi connectivity index (χ1n) is 8.92. The Labute approximate surface area is 153 Å². The fourth-order valence-corrected chi connectivity index (χ4v) is 2.75. The third-order valence-electron chi connectivity index (χ3n) is 4.48. The topological polar surface area (TPSA) is 68.0 Å². The van der Waals surface area contributed by atoms with Gasteiger partial charge in [-0.05, 0) is 56.2 Å². The van der Waals surface area contributed by atoms with Crippen molar-refractivity contribution in [2.24, 2.45) is 5.92 Å². The molecule has 26 heavy (non-hydrogen) atoms. The minimum absolute atomic E-state index is 0.0442. The molecule has 1 N–H and O–H groups in total. The van der Waals surface area contributed by atoms with Crippen LogP contribution in [-0.4, -0.2) is 16.1 Å². The zero-order chi connectivity index (χ0) is 18.5. The van der Waals surface area contributed by atoms with Crippen molar-refractivity contribution in [3.63, 3.8) is 0 Å². The monoisotopic (exact) mass is 349 g/mol. The van der Waals surface area contributed by atoms with Crippen LogP contribution in [0.3, 0.4) is 0 Å². The van der Waals surface area contributed by atoms with Crippen molar-refractivity contribution in [3.05, 3.63) is 54.1 Å². The molecule has 2 aromatic carbocycles. The second-order valence-corrected chi connectivity index (χ2v) is 6.36. The van der Waals surface area contributed by atoms with Gasteiger partial charge < -0.3 is 9.73 Å². The lowest BCUT2D eigenvalue weighted by molar-refractivity contribution is -0.120. The summed E-state index contributed by atoms with van der Waals surface area (Å²) in [5.41, 5.74) is 3.66. The number of nitrogens with one attached hydrogen (secondary N) is 1. The van der Waals surface area contributed by atoms with Crippen LogP contribution in [0.25, 0.3) is 22.9 Å². The Balaban J connectivity index is 1.73. The van der Waals surface area contributed by atoms with Gasteiger partial charge in [-0.1, -0.05) is 31.5 Å². The highest BCUT2D eigenvalue weighted by molar-refractivity contribution is 5.92. The summed E-state index contributed by atoms with van der Waals surface area (Å²) in [6.45, 7) is 6.09. The summed E-state index contributed by atoms with van der Waals surface area (Å²) in [5, 5.41) is 11.2. The molecule has 1 amide bonds. The van der Waals surface area contributed by atoms with E-state index in [2.05, 4.69) is 15.5 Å². The first kappa shape index (κ1) is 17.9. The molecule has 0 unspecified atom stereocenters. The van der Waals surface area contributed by atoms with Gasteiger partial charge in [-0.15, -0.1) is 10.2 Å². The summed E-state index contributed by atoms with van der Waals surface area (Å²) >= 11 is 0. The molecule has 0 fully saturated rings. The Hall–Kier alpha value is -2.95. The normalized spacial score (nSPS) is 10.9. The lowest BCUT2D eigenvalue weighted by Crippen LogP contribution is -2.21. The lowest BCUT2D eigenvalue weighted by Gasteiger charge is -2.12. The van der Waals surface area contributed by atoms with Crippen LogP contribution in [0.1, 0.15) is 32.3 Å². The number of aryl methyl sites for hydroxylation is 1. The molecule has 3 aromatic rings. The molecule has 0 radical (unpaired) electrons. The summed E-state index contributed by atoms with van der Waals surface area (Å²) in [6.07, 6.45) is 1.67. The first-order valence-corrected chi connectivity index (χ1v) is 8.92. The molecule has 134 valence electrons. The quantitative estimate of drug-likeness (QED) is 0.673. The average molecular weight is 349 g/mol. The van der Waals surface area contributed by atoms with Gasteiger partial charge in [0.05, 0.1) is 0 Å². The highest BCUT2D eigenvalue weighted by Crippen LogP contribution is 2.25. The average Bonchev–Trinajstić information content (AvgIpc) is 3.14. The standard InChI is InChI=1S/C21H23N3O2/c1-4-15(5-2)19(25)22-18-12-10-17(11-13-18)21-24-23-20(26-21)16-8-6-14(3)7-9-16/h6-13,15H,4-5H2,1-3H3,(H,22,25). The fourth-order valence-electron chi connectivity index (χ4n) is 2.75. The molecule has 0 saturated carbocycles. The Kier molecular flexibility index (Phi) is 5.46. The zero-order valence-electron chi connectivity index (χ0n) is 15.3. The van der Waals surface area contributed by atoms with Crippen molar-refractivity contribution >= 4 is 11.6 Å². The molecule has 5 heteroatoms. The second-order valence-electron chi connectivity index (χ2n) is 6.36. The molecule has 0 aliphatic carbocycles. The van der Waals surface area contributed by atoms with E-state index in [1.54, 1.807) is 0 Å². The maximum absolute atomic E-state index is 12.2. The third kappa shape index (κ3) is 3.99. The molecular formula is C21H23N3O2.